The molecule has 0 spiro atoms. The van der Waals surface area contributed by atoms with Gasteiger partial charge in [0.2, 0.25) is 53.2 Å². The fourth-order valence-corrected chi connectivity index (χ4v) is 12.5. The van der Waals surface area contributed by atoms with E-state index in [9.17, 15) is 24.0 Å². The van der Waals surface area contributed by atoms with E-state index in [4.69, 9.17) is 17.2 Å². The van der Waals surface area contributed by atoms with Crippen LogP contribution in [-0.4, -0.2) is 248 Å². The number of hydrogen-bond acceptors (Lipinski definition) is 13. The van der Waals surface area contributed by atoms with Crippen LogP contribution in [-0.2, 0) is 81.7 Å². The zero-order valence-corrected chi connectivity index (χ0v) is 62.9. The van der Waals surface area contributed by atoms with E-state index in [-0.39, 0.29) is 103 Å². The Morgan fingerprint density at radius 2 is 0.472 bits per heavy atom. The number of carbonyl (C=O) groups is 9. The molecule has 0 aromatic heterocycles. The Balaban J connectivity index is 1.24. The molecule has 0 aliphatic rings. The normalized spacial score (nSPS) is 11.0. The number of carbonyl (C=O) groups excluding carboxylic acids is 9. The summed E-state index contributed by atoms with van der Waals surface area (Å²) in [5.74, 6) is -4.26. The molecule has 0 heterocycles. The van der Waals surface area contributed by atoms with Crippen LogP contribution in [0.2, 0.25) is 0 Å². The quantitative estimate of drug-likeness (QED) is 0.0296. The second-order valence-electron chi connectivity index (χ2n) is 26.9. The van der Waals surface area contributed by atoms with E-state index in [0.29, 0.717) is 64.7 Å². The van der Waals surface area contributed by atoms with Crippen molar-refractivity contribution in [1.29, 1.82) is 0 Å². The summed E-state index contributed by atoms with van der Waals surface area (Å²) in [6.07, 6.45) is 11.4. The van der Waals surface area contributed by atoms with Crippen molar-refractivity contribution in [2.75, 3.05) is 151 Å². The van der Waals surface area contributed by atoms with E-state index in [1.54, 1.807) is 9.80 Å². The third kappa shape index (κ3) is 32.4. The van der Waals surface area contributed by atoms with Crippen molar-refractivity contribution in [2.24, 2.45) is 17.2 Å². The highest BCUT2D eigenvalue weighted by atomic mass is 16.2. The van der Waals surface area contributed by atoms with Gasteiger partial charge in [0.1, 0.15) is 0 Å². The minimum atomic E-state index is -0.596. The molecule has 7 N–H and O–H groups in total. The first-order chi connectivity index (χ1) is 51.6. The van der Waals surface area contributed by atoms with Crippen LogP contribution in [0, 0.1) is 0 Å². The van der Waals surface area contributed by atoms with Crippen LogP contribution in [0.15, 0.2) is 182 Å². The van der Waals surface area contributed by atoms with Crippen LogP contribution in [0.1, 0.15) is 98.6 Å². The summed E-state index contributed by atoms with van der Waals surface area (Å²) in [6, 6.07) is 57.3. The van der Waals surface area contributed by atoms with Crippen molar-refractivity contribution < 1.29 is 43.2 Å². The van der Waals surface area contributed by atoms with Crippen molar-refractivity contribution in [3.8, 4) is 0 Å². The zero-order chi connectivity index (χ0) is 75.9. The van der Waals surface area contributed by atoms with Gasteiger partial charge in [0.15, 0.2) is 0 Å². The maximum absolute atomic E-state index is 15.2. The summed E-state index contributed by atoms with van der Waals surface area (Å²) in [6.45, 7) is 3.06. The number of nitrogens with one attached hydrogen (secondary N) is 1. The first kappa shape index (κ1) is 85.3. The number of amides is 9. The lowest BCUT2D eigenvalue weighted by molar-refractivity contribution is -0.148. The van der Waals surface area contributed by atoms with Crippen LogP contribution in [0.4, 0.5) is 0 Å². The number of nitrogens with two attached hydrogens (primary N) is 3. The van der Waals surface area contributed by atoms with E-state index in [1.807, 2.05) is 189 Å². The highest BCUT2D eigenvalue weighted by Gasteiger charge is 2.32. The SMILES string of the molecule is CCCCCCCCCCN(CC)C(=O)CN(CCc1ccccc1)C(=O)CN(CCc1ccccc1)C(=O)CN(CCN)C(=O)CN(CCc1ccccc1)C(=O)CN(CCc1ccccc1)C(=O)CN(CCN)C(=O)CN(CCc1ccccc1)C(=O)CN(CCc1ccccc1)C(=O)CNCCN. The van der Waals surface area contributed by atoms with E-state index in [1.165, 1.54) is 60.0 Å². The second-order valence-corrected chi connectivity index (χ2v) is 26.9. The van der Waals surface area contributed by atoms with Crippen LogP contribution in [0.3, 0.4) is 0 Å². The van der Waals surface area contributed by atoms with Gasteiger partial charge in [0, 0.05) is 91.6 Å². The molecule has 106 heavy (non-hydrogen) atoms. The van der Waals surface area contributed by atoms with Gasteiger partial charge in [-0.25, -0.2) is 0 Å². The highest BCUT2D eigenvalue weighted by molar-refractivity contribution is 5.94. The molecule has 0 aliphatic carbocycles. The number of likely N-dealkylation sites (N-methyl/N-ethyl adjacent to an activating group) is 1. The Morgan fingerprint density at radius 1 is 0.255 bits per heavy atom. The summed E-state index contributed by atoms with van der Waals surface area (Å²) < 4.78 is 0. The first-order valence-corrected chi connectivity index (χ1v) is 38.2. The molecule has 572 valence electrons. The van der Waals surface area contributed by atoms with E-state index in [0.717, 1.165) is 59.1 Å². The smallest absolute Gasteiger partial charge is 0.242 e. The molecule has 9 amide bonds. The Labute approximate surface area is 629 Å². The molecule has 0 radical (unpaired) electrons. The lowest BCUT2D eigenvalue weighted by Crippen LogP contribution is -2.54. The van der Waals surface area contributed by atoms with Gasteiger partial charge in [-0.2, -0.15) is 0 Å². The third-order valence-corrected chi connectivity index (χ3v) is 18.9. The van der Waals surface area contributed by atoms with Crippen molar-refractivity contribution in [3.63, 3.8) is 0 Å². The number of benzene rings is 6. The maximum Gasteiger partial charge on any atom is 0.242 e. The van der Waals surface area contributed by atoms with Crippen LogP contribution in [0.25, 0.3) is 0 Å². The van der Waals surface area contributed by atoms with Gasteiger partial charge in [-0.3, -0.25) is 43.2 Å². The zero-order valence-electron chi connectivity index (χ0n) is 62.9. The Morgan fingerprint density at radius 3 is 0.698 bits per heavy atom. The molecule has 0 fully saturated rings. The molecule has 0 saturated carbocycles. The van der Waals surface area contributed by atoms with Crippen LogP contribution < -0.4 is 22.5 Å². The first-order valence-electron chi connectivity index (χ1n) is 38.2. The second kappa shape index (κ2) is 50.0. The average Bonchev–Trinajstić information content (AvgIpc) is 0.859. The molecule has 0 aliphatic heterocycles. The number of unbranched alkanes of at least 4 members (excludes halogenated alkanes) is 7. The maximum atomic E-state index is 15.2. The van der Waals surface area contributed by atoms with E-state index >= 15 is 19.2 Å². The molecular formula is C84H117N13O9. The summed E-state index contributed by atoms with van der Waals surface area (Å²) in [5, 5.41) is 3.04. The monoisotopic (exact) mass is 1450 g/mol. The van der Waals surface area contributed by atoms with Crippen molar-refractivity contribution in [2.45, 2.75) is 104 Å². The van der Waals surface area contributed by atoms with Gasteiger partial charge < -0.3 is 66.6 Å². The summed E-state index contributed by atoms with van der Waals surface area (Å²) in [5.41, 5.74) is 23.7. The minimum Gasteiger partial charge on any atom is -0.341 e. The number of nitrogens with zero attached hydrogens (tertiary/aromatic N) is 9. The van der Waals surface area contributed by atoms with Crippen LogP contribution >= 0.6 is 0 Å². The van der Waals surface area contributed by atoms with E-state index < -0.39 is 74.1 Å². The Hall–Kier alpha value is -9.61. The fourth-order valence-electron chi connectivity index (χ4n) is 12.5. The van der Waals surface area contributed by atoms with Crippen molar-refractivity contribution in [1.82, 2.24) is 49.4 Å². The largest absolute Gasteiger partial charge is 0.341 e. The lowest BCUT2D eigenvalue weighted by Gasteiger charge is -2.33. The van der Waals surface area contributed by atoms with Gasteiger partial charge in [-0.15, -0.1) is 0 Å². The summed E-state index contributed by atoms with van der Waals surface area (Å²) in [7, 11) is 0. The minimum absolute atomic E-state index is 0.0354. The van der Waals surface area contributed by atoms with E-state index in [2.05, 4.69) is 12.2 Å². The lowest BCUT2D eigenvalue weighted by atomic mass is 10.1. The van der Waals surface area contributed by atoms with Gasteiger partial charge >= 0.3 is 0 Å². The molecule has 0 atom stereocenters. The standard InChI is InChI=1S/C84H117N13O9/c1-3-5-6-7-8-9-10-29-52-89(4-2)77(99)62-91(54-43-71-32-19-12-20-33-71)79(101)64-92(55-44-72-34-21-13-22-35-72)81(103)68-97(60-50-87)84(106)67-95(58-47-75-40-27-16-28-41-75)80(102)65-93(56-45-73-36-23-14-24-37-73)82(104)69-96(59-49-86)83(105)66-94(57-46-74-38-25-15-26-39-74)78(100)63-90(76(98)61-88-51-48-85)53-42-70-30-17-11-18-31-70/h11-28,30-41,88H,3-10,29,42-69,85-87H2,1-2H3. The Kier molecular flexibility index (Phi) is 40.2. The molecule has 6 rings (SSSR count). The molecule has 0 unspecified atom stereocenters. The Bertz CT molecular complexity index is 3530. The van der Waals surface area contributed by atoms with Gasteiger partial charge in [0.25, 0.3) is 0 Å². The predicted octanol–water partition coefficient (Wildman–Crippen LogP) is 6.53. The number of hydrogen-bond donors (Lipinski definition) is 4. The molecule has 0 bridgehead atoms. The van der Waals surface area contributed by atoms with Crippen molar-refractivity contribution in [3.05, 3.63) is 215 Å². The molecule has 6 aromatic rings. The fraction of sp³-hybridized carbons (Fsp3) is 0.464. The molecular weight excluding hydrogens is 1340 g/mol. The topological polar surface area (TPSA) is 273 Å². The molecule has 0 saturated heterocycles. The molecule has 6 aromatic carbocycles. The predicted molar refractivity (Wildman–Crippen MR) is 418 cm³/mol. The average molecular weight is 1450 g/mol. The summed E-state index contributed by atoms with van der Waals surface area (Å²) in [4.78, 5) is 146. The van der Waals surface area contributed by atoms with Gasteiger partial charge in [0.05, 0.1) is 58.9 Å². The molecule has 22 heteroatoms. The van der Waals surface area contributed by atoms with Crippen LogP contribution in [0.5, 0.6) is 0 Å². The van der Waals surface area contributed by atoms with Gasteiger partial charge in [-0.1, -0.05) is 234 Å². The third-order valence-electron chi connectivity index (χ3n) is 18.9. The van der Waals surface area contributed by atoms with Crippen molar-refractivity contribution >= 4 is 53.2 Å². The molecule has 22 nitrogen and oxygen atoms in total. The highest BCUT2D eigenvalue weighted by Crippen LogP contribution is 2.15. The number of rotatable bonds is 52. The van der Waals surface area contributed by atoms with Gasteiger partial charge in [-0.05, 0) is 85.3 Å². The summed E-state index contributed by atoms with van der Waals surface area (Å²) >= 11 is 0.